The zero-order valence-corrected chi connectivity index (χ0v) is 18.9. The third kappa shape index (κ3) is 4.97. The van der Waals surface area contributed by atoms with Gasteiger partial charge >= 0.3 is 5.97 Å². The molecule has 0 radical (unpaired) electrons. The molecule has 0 saturated carbocycles. The van der Waals surface area contributed by atoms with Gasteiger partial charge in [0.15, 0.2) is 6.61 Å². The Morgan fingerprint density at radius 3 is 2.42 bits per heavy atom. The van der Waals surface area contributed by atoms with Crippen LogP contribution < -0.4 is 0 Å². The van der Waals surface area contributed by atoms with E-state index in [9.17, 15) is 18.0 Å². The maximum absolute atomic E-state index is 12.9. The SMILES string of the molecule is CCN(CC)S(=O)(=O)c1cc(C(=O)OCC(=O)N2CCc3ccccc3C2)ccc1C. The molecule has 7 nitrogen and oxygen atoms in total. The quantitative estimate of drug-likeness (QED) is 0.613. The first-order valence-electron chi connectivity index (χ1n) is 10.4. The first-order valence-corrected chi connectivity index (χ1v) is 11.8. The van der Waals surface area contributed by atoms with Gasteiger partial charge in [-0.05, 0) is 42.2 Å². The molecule has 0 bridgehead atoms. The minimum absolute atomic E-state index is 0.0737. The van der Waals surface area contributed by atoms with Gasteiger partial charge in [-0.3, -0.25) is 4.79 Å². The third-order valence-corrected chi connectivity index (χ3v) is 7.75. The fourth-order valence-corrected chi connectivity index (χ4v) is 5.43. The second-order valence-electron chi connectivity index (χ2n) is 7.48. The zero-order valence-electron chi connectivity index (χ0n) is 18.1. The Balaban J connectivity index is 1.68. The molecule has 2 aromatic carbocycles. The van der Waals surface area contributed by atoms with E-state index in [1.165, 1.54) is 22.0 Å². The van der Waals surface area contributed by atoms with Gasteiger partial charge in [0.2, 0.25) is 10.0 Å². The van der Waals surface area contributed by atoms with Crippen LogP contribution in [0.25, 0.3) is 0 Å². The molecule has 0 spiro atoms. The van der Waals surface area contributed by atoms with Crippen LogP contribution in [0.3, 0.4) is 0 Å². The Labute approximate surface area is 183 Å². The second kappa shape index (κ2) is 9.62. The number of carbonyl (C=O) groups excluding carboxylic acids is 2. The number of benzene rings is 2. The van der Waals surface area contributed by atoms with Crippen molar-refractivity contribution < 1.29 is 22.7 Å². The predicted molar refractivity (Wildman–Crippen MR) is 117 cm³/mol. The van der Waals surface area contributed by atoms with Crippen LogP contribution in [-0.4, -0.2) is 55.7 Å². The monoisotopic (exact) mass is 444 g/mol. The molecule has 166 valence electrons. The molecule has 0 atom stereocenters. The molecule has 0 fully saturated rings. The number of fused-ring (bicyclic) bond motifs is 1. The van der Waals surface area contributed by atoms with E-state index in [-0.39, 0.29) is 23.0 Å². The van der Waals surface area contributed by atoms with Gasteiger partial charge < -0.3 is 9.64 Å². The molecule has 0 saturated heterocycles. The van der Waals surface area contributed by atoms with Crippen molar-refractivity contribution >= 4 is 21.9 Å². The van der Waals surface area contributed by atoms with Crippen molar-refractivity contribution in [3.8, 4) is 0 Å². The average molecular weight is 445 g/mol. The lowest BCUT2D eigenvalue weighted by Crippen LogP contribution is -2.38. The summed E-state index contributed by atoms with van der Waals surface area (Å²) in [6.45, 7) is 6.56. The molecule has 1 aliphatic rings. The number of amides is 1. The first kappa shape index (κ1) is 23.0. The molecule has 1 amide bonds. The third-order valence-electron chi connectivity index (χ3n) is 5.56. The minimum Gasteiger partial charge on any atom is -0.452 e. The molecule has 3 rings (SSSR count). The lowest BCUT2D eigenvalue weighted by atomic mass is 10.00. The van der Waals surface area contributed by atoms with Gasteiger partial charge in [-0.25, -0.2) is 13.2 Å². The van der Waals surface area contributed by atoms with Crippen molar-refractivity contribution in [1.82, 2.24) is 9.21 Å². The van der Waals surface area contributed by atoms with Gasteiger partial charge in [0, 0.05) is 26.2 Å². The molecular formula is C23H28N2O5S. The van der Waals surface area contributed by atoms with Crippen LogP contribution in [0.4, 0.5) is 0 Å². The Bertz CT molecular complexity index is 1080. The van der Waals surface area contributed by atoms with Gasteiger partial charge in [0.05, 0.1) is 10.5 Å². The summed E-state index contributed by atoms with van der Waals surface area (Å²) in [5.74, 6) is -0.993. The summed E-state index contributed by atoms with van der Waals surface area (Å²) >= 11 is 0. The lowest BCUT2D eigenvalue weighted by molar-refractivity contribution is -0.135. The molecule has 0 aromatic heterocycles. The van der Waals surface area contributed by atoms with E-state index in [1.54, 1.807) is 31.7 Å². The summed E-state index contributed by atoms with van der Waals surface area (Å²) in [4.78, 5) is 26.8. The summed E-state index contributed by atoms with van der Waals surface area (Å²) in [5, 5.41) is 0. The number of carbonyl (C=O) groups is 2. The molecule has 8 heteroatoms. The van der Waals surface area contributed by atoms with Crippen LogP contribution in [0.15, 0.2) is 47.4 Å². The van der Waals surface area contributed by atoms with Gasteiger partial charge in [0.25, 0.3) is 5.91 Å². The van der Waals surface area contributed by atoms with Crippen LogP contribution in [0.5, 0.6) is 0 Å². The summed E-state index contributed by atoms with van der Waals surface area (Å²) in [5.41, 5.74) is 2.97. The van der Waals surface area contributed by atoms with Gasteiger partial charge in [-0.2, -0.15) is 4.31 Å². The Kier molecular flexibility index (Phi) is 7.12. The fraction of sp³-hybridized carbons (Fsp3) is 0.391. The normalized spacial score (nSPS) is 13.7. The number of hydrogen-bond acceptors (Lipinski definition) is 5. The van der Waals surface area contributed by atoms with E-state index in [4.69, 9.17) is 4.74 Å². The fourth-order valence-electron chi connectivity index (χ4n) is 3.72. The van der Waals surface area contributed by atoms with E-state index in [1.807, 2.05) is 18.2 Å². The largest absolute Gasteiger partial charge is 0.452 e. The molecule has 0 aliphatic carbocycles. The molecule has 1 aliphatic heterocycles. The first-order chi connectivity index (χ1) is 14.8. The van der Waals surface area contributed by atoms with Crippen molar-refractivity contribution in [1.29, 1.82) is 0 Å². The highest BCUT2D eigenvalue weighted by molar-refractivity contribution is 7.89. The van der Waals surface area contributed by atoms with Crippen LogP contribution in [0, 0.1) is 6.92 Å². The average Bonchev–Trinajstić information content (AvgIpc) is 2.77. The van der Waals surface area contributed by atoms with E-state index >= 15 is 0 Å². The number of esters is 1. The Morgan fingerprint density at radius 1 is 1.06 bits per heavy atom. The van der Waals surface area contributed by atoms with Crippen LogP contribution in [0.2, 0.25) is 0 Å². The Hall–Kier alpha value is -2.71. The van der Waals surface area contributed by atoms with Gasteiger partial charge in [-0.1, -0.05) is 44.2 Å². The second-order valence-corrected chi connectivity index (χ2v) is 9.39. The number of aryl methyl sites for hydroxylation is 1. The number of hydrogen-bond donors (Lipinski definition) is 0. The summed E-state index contributed by atoms with van der Waals surface area (Å²) < 4.78 is 32.3. The van der Waals surface area contributed by atoms with Crippen LogP contribution >= 0.6 is 0 Å². The van der Waals surface area contributed by atoms with Crippen molar-refractivity contribution in [2.24, 2.45) is 0 Å². The molecule has 0 N–H and O–H groups in total. The van der Waals surface area contributed by atoms with Gasteiger partial charge in [-0.15, -0.1) is 0 Å². The molecular weight excluding hydrogens is 416 g/mol. The number of sulfonamides is 1. The molecule has 31 heavy (non-hydrogen) atoms. The summed E-state index contributed by atoms with van der Waals surface area (Å²) in [6.07, 6.45) is 0.764. The van der Waals surface area contributed by atoms with E-state index < -0.39 is 16.0 Å². The molecule has 0 unspecified atom stereocenters. The minimum atomic E-state index is -3.71. The highest BCUT2D eigenvalue weighted by Gasteiger charge is 2.26. The van der Waals surface area contributed by atoms with Crippen molar-refractivity contribution in [3.63, 3.8) is 0 Å². The van der Waals surface area contributed by atoms with Gasteiger partial charge in [0.1, 0.15) is 0 Å². The van der Waals surface area contributed by atoms with E-state index in [0.717, 1.165) is 12.0 Å². The van der Waals surface area contributed by atoms with Crippen molar-refractivity contribution in [2.45, 2.75) is 38.6 Å². The van der Waals surface area contributed by atoms with E-state index in [2.05, 4.69) is 6.07 Å². The van der Waals surface area contributed by atoms with Crippen molar-refractivity contribution in [3.05, 3.63) is 64.7 Å². The summed E-state index contributed by atoms with van der Waals surface area (Å²) in [7, 11) is -3.71. The Morgan fingerprint density at radius 2 is 1.74 bits per heavy atom. The smallest absolute Gasteiger partial charge is 0.338 e. The topological polar surface area (TPSA) is 84.0 Å². The van der Waals surface area contributed by atoms with Crippen LogP contribution in [0.1, 0.15) is 40.9 Å². The number of ether oxygens (including phenoxy) is 1. The van der Waals surface area contributed by atoms with Crippen molar-refractivity contribution in [2.75, 3.05) is 26.2 Å². The van der Waals surface area contributed by atoms with E-state index in [0.29, 0.717) is 31.7 Å². The molecule has 2 aromatic rings. The molecule has 1 heterocycles. The number of nitrogens with zero attached hydrogens (tertiary/aromatic N) is 2. The number of rotatable bonds is 7. The zero-order chi connectivity index (χ0) is 22.6. The highest BCUT2D eigenvalue weighted by atomic mass is 32.2. The maximum atomic E-state index is 12.9. The maximum Gasteiger partial charge on any atom is 0.338 e. The summed E-state index contributed by atoms with van der Waals surface area (Å²) in [6, 6.07) is 12.4. The highest BCUT2D eigenvalue weighted by Crippen LogP contribution is 2.22. The lowest BCUT2D eigenvalue weighted by Gasteiger charge is -2.28. The predicted octanol–water partition coefficient (Wildman–Crippen LogP) is 2.77. The van der Waals surface area contributed by atoms with Crippen LogP contribution in [-0.2, 0) is 32.5 Å². The standard InChI is InChI=1S/C23H28N2O5S/c1-4-25(5-2)31(28,29)21-14-19(11-10-17(21)3)23(27)30-16-22(26)24-13-12-18-8-6-7-9-20(18)15-24/h6-11,14H,4-5,12-13,15-16H2,1-3H3.